The summed E-state index contributed by atoms with van der Waals surface area (Å²) in [7, 11) is 0. The summed E-state index contributed by atoms with van der Waals surface area (Å²) in [6.07, 6.45) is 3.85. The number of benzene rings is 2. The van der Waals surface area contributed by atoms with Crippen molar-refractivity contribution in [2.24, 2.45) is 0 Å². The van der Waals surface area contributed by atoms with Crippen LogP contribution in [0.5, 0.6) is 0 Å². The molecule has 0 aliphatic carbocycles. The minimum Gasteiger partial charge on any atom is -0.279 e. The molecule has 0 fully saturated rings. The monoisotopic (exact) mass is 365 g/mol. The molecule has 3 aromatic rings. The molecule has 4 rings (SSSR count). The maximum Gasteiger partial charge on any atom is 0.232 e. The van der Waals surface area contributed by atoms with Gasteiger partial charge < -0.3 is 0 Å². The highest BCUT2D eigenvalue weighted by Gasteiger charge is 2.27. The Labute approximate surface area is 154 Å². The summed E-state index contributed by atoms with van der Waals surface area (Å²) in [4.78, 5) is 25.4. The molecule has 1 aromatic heterocycles. The van der Waals surface area contributed by atoms with Gasteiger partial charge in [0.05, 0.1) is 11.4 Å². The summed E-state index contributed by atoms with van der Waals surface area (Å²) in [6.45, 7) is 0. The highest BCUT2D eigenvalue weighted by Crippen LogP contribution is 2.48. The second-order valence-corrected chi connectivity index (χ2v) is 7.54. The summed E-state index contributed by atoms with van der Waals surface area (Å²) < 4.78 is 0. The SMILES string of the molecule is O=C(CCSc1ncccn1)N1c2ccccc2Sc2ccccc21. The van der Waals surface area contributed by atoms with Gasteiger partial charge in [0.2, 0.25) is 5.91 Å². The van der Waals surface area contributed by atoms with Crippen molar-refractivity contribution < 1.29 is 4.79 Å². The summed E-state index contributed by atoms with van der Waals surface area (Å²) in [5.41, 5.74) is 1.91. The lowest BCUT2D eigenvalue weighted by Gasteiger charge is -2.31. The molecule has 124 valence electrons. The van der Waals surface area contributed by atoms with Crippen LogP contribution >= 0.6 is 23.5 Å². The van der Waals surface area contributed by atoms with Crippen molar-refractivity contribution in [3.05, 3.63) is 67.0 Å². The number of fused-ring (bicyclic) bond motifs is 2. The van der Waals surface area contributed by atoms with Crippen molar-refractivity contribution in [2.45, 2.75) is 21.4 Å². The van der Waals surface area contributed by atoms with E-state index in [9.17, 15) is 4.79 Å². The van der Waals surface area contributed by atoms with E-state index in [0.717, 1.165) is 21.2 Å². The van der Waals surface area contributed by atoms with E-state index in [4.69, 9.17) is 0 Å². The summed E-state index contributed by atoms with van der Waals surface area (Å²) in [5, 5.41) is 0.699. The van der Waals surface area contributed by atoms with Crippen LogP contribution in [-0.4, -0.2) is 21.6 Å². The van der Waals surface area contributed by atoms with Gasteiger partial charge >= 0.3 is 0 Å². The van der Waals surface area contributed by atoms with E-state index in [1.54, 1.807) is 30.2 Å². The topological polar surface area (TPSA) is 46.1 Å². The molecule has 0 saturated heterocycles. The lowest BCUT2D eigenvalue weighted by molar-refractivity contribution is -0.117. The van der Waals surface area contributed by atoms with E-state index in [2.05, 4.69) is 22.1 Å². The largest absolute Gasteiger partial charge is 0.279 e. The zero-order chi connectivity index (χ0) is 17.1. The van der Waals surface area contributed by atoms with Gasteiger partial charge in [-0.05, 0) is 30.3 Å². The third kappa shape index (κ3) is 3.41. The van der Waals surface area contributed by atoms with Crippen molar-refractivity contribution in [3.8, 4) is 0 Å². The third-order valence-corrected chi connectivity index (χ3v) is 5.78. The summed E-state index contributed by atoms with van der Waals surface area (Å²) in [6, 6.07) is 17.9. The molecule has 0 atom stereocenters. The molecule has 0 saturated carbocycles. The molecular formula is C19H15N3OS2. The van der Waals surface area contributed by atoms with Gasteiger partial charge in [-0.2, -0.15) is 0 Å². The van der Waals surface area contributed by atoms with Crippen LogP contribution in [0, 0.1) is 0 Å². The minimum atomic E-state index is 0.0867. The molecule has 2 heterocycles. The summed E-state index contributed by atoms with van der Waals surface area (Å²) in [5.74, 6) is 0.736. The molecule has 6 heteroatoms. The van der Waals surface area contributed by atoms with Gasteiger partial charge in [0.25, 0.3) is 0 Å². The number of carbonyl (C=O) groups is 1. The fourth-order valence-corrected chi connectivity index (χ4v) is 4.46. The number of thioether (sulfide) groups is 1. The minimum absolute atomic E-state index is 0.0867. The molecule has 25 heavy (non-hydrogen) atoms. The smallest absolute Gasteiger partial charge is 0.232 e. The molecule has 0 N–H and O–H groups in total. The van der Waals surface area contributed by atoms with Crippen LogP contribution in [0.15, 0.2) is 81.9 Å². The first-order chi connectivity index (χ1) is 12.3. The fourth-order valence-electron chi connectivity index (χ4n) is 2.67. The number of hydrogen-bond donors (Lipinski definition) is 0. The first-order valence-electron chi connectivity index (χ1n) is 7.91. The van der Waals surface area contributed by atoms with Crippen molar-refractivity contribution >= 4 is 40.8 Å². The van der Waals surface area contributed by atoms with E-state index in [1.165, 1.54) is 11.8 Å². The van der Waals surface area contributed by atoms with E-state index < -0.39 is 0 Å². The lowest BCUT2D eigenvalue weighted by Crippen LogP contribution is -2.28. The number of para-hydroxylation sites is 2. The van der Waals surface area contributed by atoms with Gasteiger partial charge in [-0.25, -0.2) is 9.97 Å². The van der Waals surface area contributed by atoms with Crippen molar-refractivity contribution in [1.29, 1.82) is 0 Å². The average molecular weight is 365 g/mol. The van der Waals surface area contributed by atoms with Gasteiger partial charge in [0.1, 0.15) is 0 Å². The van der Waals surface area contributed by atoms with Crippen LogP contribution in [0.4, 0.5) is 11.4 Å². The Hall–Kier alpha value is -2.31. The van der Waals surface area contributed by atoms with Crippen LogP contribution in [0.2, 0.25) is 0 Å². The third-order valence-electron chi connectivity index (χ3n) is 3.77. The van der Waals surface area contributed by atoms with Crippen molar-refractivity contribution in [3.63, 3.8) is 0 Å². The van der Waals surface area contributed by atoms with E-state index in [0.29, 0.717) is 17.3 Å². The quantitative estimate of drug-likeness (QED) is 0.491. The maximum atomic E-state index is 13.0. The van der Waals surface area contributed by atoms with E-state index >= 15 is 0 Å². The number of rotatable bonds is 4. The number of carbonyl (C=O) groups excluding carboxylic acids is 1. The van der Waals surface area contributed by atoms with Crippen LogP contribution in [0.1, 0.15) is 6.42 Å². The normalized spacial score (nSPS) is 12.4. The second kappa shape index (κ2) is 7.29. The molecule has 0 bridgehead atoms. The molecule has 1 amide bonds. The number of aromatic nitrogens is 2. The van der Waals surface area contributed by atoms with Crippen LogP contribution < -0.4 is 4.90 Å². The Bertz CT molecular complexity index is 856. The van der Waals surface area contributed by atoms with Gasteiger partial charge in [-0.3, -0.25) is 9.69 Å². The van der Waals surface area contributed by atoms with E-state index in [1.807, 2.05) is 41.3 Å². The van der Waals surface area contributed by atoms with Gasteiger partial charge in [-0.1, -0.05) is 47.8 Å². The predicted octanol–water partition coefficient (Wildman–Crippen LogP) is 4.79. The van der Waals surface area contributed by atoms with E-state index in [-0.39, 0.29) is 5.91 Å². The van der Waals surface area contributed by atoms with Crippen LogP contribution in [0.25, 0.3) is 0 Å². The Balaban J connectivity index is 1.55. The number of hydrogen-bond acceptors (Lipinski definition) is 5. The van der Waals surface area contributed by atoms with Gasteiger partial charge in [0.15, 0.2) is 5.16 Å². The predicted molar refractivity (Wildman–Crippen MR) is 102 cm³/mol. The Morgan fingerprint density at radius 1 is 0.920 bits per heavy atom. The van der Waals surface area contributed by atoms with Crippen LogP contribution in [0.3, 0.4) is 0 Å². The molecule has 4 nitrogen and oxygen atoms in total. The first-order valence-corrected chi connectivity index (χ1v) is 9.72. The Morgan fingerprint density at radius 3 is 2.16 bits per heavy atom. The molecule has 0 radical (unpaired) electrons. The second-order valence-electron chi connectivity index (χ2n) is 5.40. The van der Waals surface area contributed by atoms with Gasteiger partial charge in [-0.15, -0.1) is 0 Å². The van der Waals surface area contributed by atoms with Gasteiger partial charge in [0, 0.05) is 34.4 Å². The maximum absolute atomic E-state index is 13.0. The van der Waals surface area contributed by atoms with Crippen molar-refractivity contribution in [2.75, 3.05) is 10.7 Å². The zero-order valence-electron chi connectivity index (χ0n) is 13.3. The number of nitrogens with zero attached hydrogens (tertiary/aromatic N) is 3. The highest BCUT2D eigenvalue weighted by atomic mass is 32.2. The zero-order valence-corrected chi connectivity index (χ0v) is 15.0. The molecule has 0 spiro atoms. The Kier molecular flexibility index (Phi) is 4.72. The Morgan fingerprint density at radius 2 is 1.52 bits per heavy atom. The lowest BCUT2D eigenvalue weighted by atomic mass is 10.2. The number of anilines is 2. The molecule has 1 aliphatic rings. The van der Waals surface area contributed by atoms with Crippen molar-refractivity contribution in [1.82, 2.24) is 9.97 Å². The average Bonchev–Trinajstić information content (AvgIpc) is 2.66. The molecule has 2 aromatic carbocycles. The molecule has 1 aliphatic heterocycles. The molecule has 0 unspecified atom stereocenters. The van der Waals surface area contributed by atoms with Crippen LogP contribution in [-0.2, 0) is 4.79 Å². The fraction of sp³-hybridized carbons (Fsp3) is 0.105. The number of amides is 1. The standard InChI is InChI=1S/C19H15N3OS2/c23-18(10-13-24-19-20-11-5-12-21-19)22-14-6-1-3-8-16(14)25-17-9-4-2-7-15(17)22/h1-9,11-12H,10,13H2. The summed E-state index contributed by atoms with van der Waals surface area (Å²) >= 11 is 3.21. The first kappa shape index (κ1) is 16.2. The highest BCUT2D eigenvalue weighted by molar-refractivity contribution is 7.99. The molecular weight excluding hydrogens is 350 g/mol.